The normalized spacial score (nSPS) is 12.9. The Morgan fingerprint density at radius 1 is 0.946 bits per heavy atom. The molecule has 194 valence electrons. The lowest BCUT2D eigenvalue weighted by Crippen LogP contribution is -2.46. The molecule has 0 radical (unpaired) electrons. The molecular formula is C27H30N4O5S. The Morgan fingerprint density at radius 3 is 2.14 bits per heavy atom. The molecule has 3 aromatic rings. The minimum absolute atomic E-state index is 0.128. The number of hydrogen-bond acceptors (Lipinski definition) is 6. The van der Waals surface area contributed by atoms with Crippen LogP contribution in [0.2, 0.25) is 0 Å². The van der Waals surface area contributed by atoms with Gasteiger partial charge in [-0.05, 0) is 61.4 Å². The van der Waals surface area contributed by atoms with Crippen molar-refractivity contribution in [1.82, 2.24) is 10.7 Å². The van der Waals surface area contributed by atoms with Crippen molar-refractivity contribution in [2.24, 2.45) is 5.10 Å². The van der Waals surface area contributed by atoms with Gasteiger partial charge in [0.15, 0.2) is 6.61 Å². The van der Waals surface area contributed by atoms with Crippen LogP contribution in [0.4, 0.5) is 5.69 Å². The van der Waals surface area contributed by atoms with Crippen LogP contribution < -0.4 is 19.8 Å². The summed E-state index contributed by atoms with van der Waals surface area (Å²) in [6.07, 6.45) is 2.47. The molecule has 0 aliphatic heterocycles. The van der Waals surface area contributed by atoms with Crippen LogP contribution in [0.3, 0.4) is 0 Å². The number of hydrogen-bond donors (Lipinski definition) is 2. The molecule has 0 aromatic heterocycles. The quantitative estimate of drug-likeness (QED) is 0.296. The largest absolute Gasteiger partial charge is 0.484 e. The van der Waals surface area contributed by atoms with E-state index in [1.54, 1.807) is 54.6 Å². The zero-order valence-electron chi connectivity index (χ0n) is 20.9. The zero-order valence-corrected chi connectivity index (χ0v) is 21.7. The maximum absolute atomic E-state index is 12.6. The van der Waals surface area contributed by atoms with E-state index in [0.717, 1.165) is 16.1 Å². The first-order valence-electron chi connectivity index (χ1n) is 11.6. The van der Waals surface area contributed by atoms with E-state index in [-0.39, 0.29) is 18.6 Å². The first-order chi connectivity index (χ1) is 17.6. The summed E-state index contributed by atoms with van der Waals surface area (Å²) in [5.74, 6) is -0.317. The van der Waals surface area contributed by atoms with Crippen LogP contribution in [0.25, 0.3) is 0 Å². The molecule has 0 saturated heterocycles. The van der Waals surface area contributed by atoms with Gasteiger partial charge in [0.2, 0.25) is 10.0 Å². The van der Waals surface area contributed by atoms with Crippen molar-refractivity contribution < 1.29 is 22.7 Å². The van der Waals surface area contributed by atoms with Gasteiger partial charge in [0.25, 0.3) is 11.8 Å². The van der Waals surface area contributed by atoms with E-state index in [9.17, 15) is 18.0 Å². The number of benzene rings is 3. The molecule has 0 saturated carbocycles. The summed E-state index contributed by atoms with van der Waals surface area (Å²) in [6.45, 7) is 3.26. The number of sulfonamides is 1. The molecule has 2 amide bonds. The van der Waals surface area contributed by atoms with E-state index >= 15 is 0 Å². The van der Waals surface area contributed by atoms with Gasteiger partial charge in [-0.1, -0.05) is 48.5 Å². The van der Waals surface area contributed by atoms with Crippen molar-refractivity contribution in [3.8, 4) is 5.75 Å². The van der Waals surface area contributed by atoms with Gasteiger partial charge in [-0.2, -0.15) is 5.10 Å². The molecule has 3 aromatic carbocycles. The van der Waals surface area contributed by atoms with Crippen LogP contribution in [-0.4, -0.2) is 45.4 Å². The van der Waals surface area contributed by atoms with Crippen LogP contribution in [0.1, 0.15) is 31.0 Å². The predicted octanol–water partition coefficient (Wildman–Crippen LogP) is 3.25. The SMILES string of the molecule is C[C@H](NC(=O)COc1ccc(/C=N\NC(=O)[C@@H](C)N(c2ccccc2)S(C)(=O)=O)cc1)c1ccccc1. The number of para-hydroxylation sites is 1. The number of anilines is 1. The number of carbonyl (C=O) groups excluding carboxylic acids is 2. The van der Waals surface area contributed by atoms with E-state index in [2.05, 4.69) is 15.8 Å². The summed E-state index contributed by atoms with van der Waals surface area (Å²) >= 11 is 0. The highest BCUT2D eigenvalue weighted by molar-refractivity contribution is 7.92. The highest BCUT2D eigenvalue weighted by atomic mass is 32.2. The highest BCUT2D eigenvalue weighted by Gasteiger charge is 2.28. The van der Waals surface area contributed by atoms with Gasteiger partial charge in [0.1, 0.15) is 11.8 Å². The van der Waals surface area contributed by atoms with E-state index in [1.807, 2.05) is 37.3 Å². The third kappa shape index (κ3) is 8.18. The molecule has 0 fully saturated rings. The topological polar surface area (TPSA) is 117 Å². The Kier molecular flexibility index (Phi) is 9.39. The average molecular weight is 523 g/mol. The summed E-state index contributed by atoms with van der Waals surface area (Å²) in [4.78, 5) is 24.8. The number of ether oxygens (including phenoxy) is 1. The molecule has 9 nitrogen and oxygen atoms in total. The van der Waals surface area contributed by atoms with Gasteiger partial charge in [-0.15, -0.1) is 0 Å². The van der Waals surface area contributed by atoms with Crippen molar-refractivity contribution in [1.29, 1.82) is 0 Å². The van der Waals surface area contributed by atoms with Gasteiger partial charge < -0.3 is 10.1 Å². The number of hydrazone groups is 1. The highest BCUT2D eigenvalue weighted by Crippen LogP contribution is 2.20. The van der Waals surface area contributed by atoms with Gasteiger partial charge in [0.05, 0.1) is 24.2 Å². The third-order valence-electron chi connectivity index (χ3n) is 5.41. The van der Waals surface area contributed by atoms with Crippen molar-refractivity contribution in [2.75, 3.05) is 17.2 Å². The lowest BCUT2D eigenvalue weighted by atomic mass is 10.1. The number of rotatable bonds is 11. The molecule has 2 atom stereocenters. The third-order valence-corrected chi connectivity index (χ3v) is 6.66. The molecule has 0 heterocycles. The molecule has 0 aliphatic carbocycles. The van der Waals surface area contributed by atoms with Crippen LogP contribution in [-0.2, 0) is 19.6 Å². The molecule has 0 spiro atoms. The smallest absolute Gasteiger partial charge is 0.263 e. The molecule has 10 heteroatoms. The fourth-order valence-corrected chi connectivity index (χ4v) is 4.73. The standard InChI is InChI=1S/C27H30N4O5S/c1-20(23-10-6-4-7-11-23)29-26(32)19-36-25-16-14-22(15-17-25)18-28-30-27(33)21(2)31(37(3,34)35)24-12-8-5-9-13-24/h4-18,20-21H,19H2,1-3H3,(H,29,32)(H,30,33)/b28-18-/t20-,21+/m0/s1. The second kappa shape index (κ2) is 12.7. The van der Waals surface area contributed by atoms with E-state index in [4.69, 9.17) is 4.74 Å². The molecule has 2 N–H and O–H groups in total. The Bertz CT molecular complexity index is 1310. The van der Waals surface area contributed by atoms with Crippen LogP contribution in [0.5, 0.6) is 5.75 Å². The first-order valence-corrected chi connectivity index (χ1v) is 13.4. The summed E-state index contributed by atoms with van der Waals surface area (Å²) < 4.78 is 31.2. The van der Waals surface area contributed by atoms with Gasteiger partial charge in [-0.25, -0.2) is 13.8 Å². The Labute approximate surface area is 217 Å². The summed E-state index contributed by atoms with van der Waals surface area (Å²) in [6, 6.07) is 23.7. The number of carbonyl (C=O) groups is 2. The van der Waals surface area contributed by atoms with Crippen molar-refractivity contribution >= 4 is 33.7 Å². The molecule has 0 unspecified atom stereocenters. The lowest BCUT2D eigenvalue weighted by Gasteiger charge is -2.27. The molecule has 0 aliphatic rings. The maximum Gasteiger partial charge on any atom is 0.263 e. The zero-order chi connectivity index (χ0) is 26.8. The van der Waals surface area contributed by atoms with Gasteiger partial charge >= 0.3 is 0 Å². The Hall–Kier alpha value is -4.18. The van der Waals surface area contributed by atoms with E-state index in [1.165, 1.54) is 13.1 Å². The Morgan fingerprint density at radius 2 is 1.54 bits per heavy atom. The lowest BCUT2D eigenvalue weighted by molar-refractivity contribution is -0.124. The Balaban J connectivity index is 1.50. The van der Waals surface area contributed by atoms with Crippen LogP contribution in [0.15, 0.2) is 90.0 Å². The molecule has 37 heavy (non-hydrogen) atoms. The van der Waals surface area contributed by atoms with Gasteiger partial charge in [-0.3, -0.25) is 13.9 Å². The second-order valence-electron chi connectivity index (χ2n) is 8.36. The number of amides is 2. The minimum Gasteiger partial charge on any atom is -0.484 e. The second-order valence-corrected chi connectivity index (χ2v) is 10.2. The van der Waals surface area contributed by atoms with E-state index < -0.39 is 22.0 Å². The number of nitrogens with zero attached hydrogens (tertiary/aromatic N) is 2. The van der Waals surface area contributed by atoms with Crippen molar-refractivity contribution in [2.45, 2.75) is 25.9 Å². The van der Waals surface area contributed by atoms with Crippen molar-refractivity contribution in [3.63, 3.8) is 0 Å². The maximum atomic E-state index is 12.6. The minimum atomic E-state index is -3.70. The van der Waals surface area contributed by atoms with Crippen LogP contribution in [0, 0.1) is 0 Å². The molecule has 0 bridgehead atoms. The van der Waals surface area contributed by atoms with E-state index in [0.29, 0.717) is 17.0 Å². The molecule has 3 rings (SSSR count). The first kappa shape index (κ1) is 27.4. The summed E-state index contributed by atoms with van der Waals surface area (Å²) in [5.41, 5.74) is 4.44. The van der Waals surface area contributed by atoms with Crippen LogP contribution >= 0.6 is 0 Å². The van der Waals surface area contributed by atoms with Gasteiger partial charge in [0, 0.05) is 0 Å². The fourth-order valence-electron chi connectivity index (χ4n) is 3.55. The fraction of sp³-hybridized carbons (Fsp3) is 0.222. The van der Waals surface area contributed by atoms with Crippen molar-refractivity contribution in [3.05, 3.63) is 96.1 Å². The predicted molar refractivity (Wildman–Crippen MR) is 144 cm³/mol. The summed E-state index contributed by atoms with van der Waals surface area (Å²) in [5, 5.41) is 6.82. The number of nitrogens with one attached hydrogen (secondary N) is 2. The monoisotopic (exact) mass is 522 g/mol. The average Bonchev–Trinajstić information content (AvgIpc) is 2.88. The summed E-state index contributed by atoms with van der Waals surface area (Å²) in [7, 11) is -3.70. The molecular weight excluding hydrogens is 492 g/mol.